The molecule has 1 aromatic heterocycles. The standard InChI is InChI=1S/C22H23F5N2O3S/c1-2-33(30,31)29-13-16(19-7-6-17(23)11-20(19)29)8-9-28-12-15-4-3-5-18(10-15)32-14-22(26,27)21(24)25/h3-7,10-11,13,21,28H,2,8-9,12,14H2,1H3. The molecule has 1 N–H and O–H groups in total. The van der Waals surface area contributed by atoms with Crippen LogP contribution in [0, 0.1) is 5.82 Å². The lowest BCUT2D eigenvalue weighted by molar-refractivity contribution is -0.148. The Morgan fingerprint density at radius 3 is 2.61 bits per heavy atom. The van der Waals surface area contributed by atoms with E-state index in [0.717, 1.165) is 9.54 Å². The number of nitrogens with one attached hydrogen (secondary N) is 1. The first kappa shape index (κ1) is 25.0. The Labute approximate surface area is 188 Å². The second-order valence-corrected chi connectivity index (χ2v) is 9.57. The lowest BCUT2D eigenvalue weighted by Gasteiger charge is -2.16. The molecule has 0 aliphatic carbocycles. The monoisotopic (exact) mass is 490 g/mol. The molecule has 0 aliphatic rings. The highest BCUT2D eigenvalue weighted by Gasteiger charge is 2.41. The first-order valence-electron chi connectivity index (χ1n) is 10.1. The van der Waals surface area contributed by atoms with Gasteiger partial charge in [-0.05, 0) is 61.3 Å². The molecule has 0 unspecified atom stereocenters. The molecule has 0 fully saturated rings. The second kappa shape index (κ2) is 10.1. The zero-order valence-corrected chi connectivity index (χ0v) is 18.5. The summed E-state index contributed by atoms with van der Waals surface area (Å²) in [4.78, 5) is 0. The molecular formula is C22H23F5N2O3S. The van der Waals surface area contributed by atoms with Gasteiger partial charge >= 0.3 is 12.3 Å². The van der Waals surface area contributed by atoms with Crippen LogP contribution in [0.25, 0.3) is 10.9 Å². The van der Waals surface area contributed by atoms with Gasteiger partial charge in [-0.15, -0.1) is 0 Å². The third-order valence-electron chi connectivity index (χ3n) is 5.03. The second-order valence-electron chi connectivity index (χ2n) is 7.44. The van der Waals surface area contributed by atoms with Gasteiger partial charge in [-0.25, -0.2) is 25.6 Å². The molecule has 0 saturated carbocycles. The maximum absolute atomic E-state index is 13.7. The van der Waals surface area contributed by atoms with Gasteiger partial charge in [-0.1, -0.05) is 12.1 Å². The van der Waals surface area contributed by atoms with Gasteiger partial charge in [0.1, 0.15) is 11.6 Å². The van der Waals surface area contributed by atoms with E-state index in [0.29, 0.717) is 30.5 Å². The molecule has 0 spiro atoms. The minimum atomic E-state index is -4.23. The summed E-state index contributed by atoms with van der Waals surface area (Å²) in [5.74, 6) is -4.86. The van der Waals surface area contributed by atoms with Gasteiger partial charge in [0.15, 0.2) is 6.61 Å². The maximum atomic E-state index is 13.7. The molecule has 0 bridgehead atoms. The fourth-order valence-corrected chi connectivity index (χ4v) is 4.27. The minimum Gasteiger partial charge on any atom is -0.487 e. The quantitative estimate of drug-likeness (QED) is 0.316. The van der Waals surface area contributed by atoms with Crippen LogP contribution in [0.4, 0.5) is 22.0 Å². The highest BCUT2D eigenvalue weighted by Crippen LogP contribution is 2.26. The van der Waals surface area contributed by atoms with Gasteiger partial charge in [0.2, 0.25) is 10.0 Å². The molecular weight excluding hydrogens is 467 g/mol. The minimum absolute atomic E-state index is 0.0458. The van der Waals surface area contributed by atoms with Crippen LogP contribution < -0.4 is 10.1 Å². The average Bonchev–Trinajstić information content (AvgIpc) is 3.14. The molecule has 3 aromatic rings. The topological polar surface area (TPSA) is 60.3 Å². The van der Waals surface area contributed by atoms with Gasteiger partial charge in [-0.3, -0.25) is 0 Å². The van der Waals surface area contributed by atoms with Crippen LogP contribution in [-0.4, -0.2) is 43.6 Å². The van der Waals surface area contributed by atoms with Crippen molar-refractivity contribution in [1.82, 2.24) is 9.29 Å². The van der Waals surface area contributed by atoms with E-state index in [1.54, 1.807) is 12.1 Å². The van der Waals surface area contributed by atoms with Gasteiger partial charge in [0, 0.05) is 18.1 Å². The summed E-state index contributed by atoms with van der Waals surface area (Å²) < 4.78 is 94.9. The summed E-state index contributed by atoms with van der Waals surface area (Å²) >= 11 is 0. The average molecular weight is 490 g/mol. The van der Waals surface area contributed by atoms with Gasteiger partial charge in [0.05, 0.1) is 11.3 Å². The van der Waals surface area contributed by atoms with Gasteiger partial charge in [0.25, 0.3) is 0 Å². The number of aromatic nitrogens is 1. The molecule has 33 heavy (non-hydrogen) atoms. The van der Waals surface area contributed by atoms with Crippen molar-refractivity contribution < 1.29 is 35.1 Å². The van der Waals surface area contributed by atoms with E-state index in [4.69, 9.17) is 4.74 Å². The predicted octanol–water partition coefficient (Wildman–Crippen LogP) is 4.59. The Morgan fingerprint density at radius 1 is 1.15 bits per heavy atom. The van der Waals surface area contributed by atoms with Crippen molar-refractivity contribution in [3.8, 4) is 5.75 Å². The molecule has 0 amide bonds. The summed E-state index contributed by atoms with van der Waals surface area (Å²) in [6, 6.07) is 10.1. The molecule has 0 atom stereocenters. The molecule has 5 nitrogen and oxygen atoms in total. The van der Waals surface area contributed by atoms with Crippen molar-refractivity contribution in [3.05, 3.63) is 65.6 Å². The van der Waals surface area contributed by atoms with E-state index in [2.05, 4.69) is 5.32 Å². The molecule has 1 heterocycles. The molecule has 3 rings (SSSR count). The summed E-state index contributed by atoms with van der Waals surface area (Å²) in [6.07, 6.45) is -1.87. The number of hydrogen-bond donors (Lipinski definition) is 1. The van der Waals surface area contributed by atoms with Crippen LogP contribution >= 0.6 is 0 Å². The predicted molar refractivity (Wildman–Crippen MR) is 115 cm³/mol. The van der Waals surface area contributed by atoms with E-state index in [1.165, 1.54) is 43.5 Å². The Morgan fingerprint density at radius 2 is 1.91 bits per heavy atom. The number of halogens is 5. The molecule has 0 saturated heterocycles. The number of alkyl halides is 4. The normalized spacial score (nSPS) is 12.6. The lowest BCUT2D eigenvalue weighted by atomic mass is 10.1. The number of benzene rings is 2. The fourth-order valence-electron chi connectivity index (χ4n) is 3.25. The SMILES string of the molecule is CCS(=O)(=O)n1cc(CCNCc2cccc(OCC(F)(F)C(F)F)c2)c2ccc(F)cc21. The third kappa shape index (κ3) is 6.02. The van der Waals surface area contributed by atoms with E-state index in [9.17, 15) is 30.4 Å². The third-order valence-corrected chi connectivity index (χ3v) is 6.66. The lowest BCUT2D eigenvalue weighted by Crippen LogP contribution is -2.33. The van der Waals surface area contributed by atoms with Gasteiger partial charge < -0.3 is 10.1 Å². The van der Waals surface area contributed by atoms with Crippen molar-refractivity contribution in [2.75, 3.05) is 18.9 Å². The van der Waals surface area contributed by atoms with E-state index in [-0.39, 0.29) is 17.0 Å². The van der Waals surface area contributed by atoms with Crippen molar-refractivity contribution in [2.24, 2.45) is 0 Å². The van der Waals surface area contributed by atoms with Crippen LogP contribution in [-0.2, 0) is 23.0 Å². The highest BCUT2D eigenvalue weighted by atomic mass is 32.2. The Bertz CT molecular complexity index is 1210. The first-order valence-corrected chi connectivity index (χ1v) is 11.8. The number of nitrogens with zero attached hydrogens (tertiary/aromatic N) is 1. The summed E-state index contributed by atoms with van der Waals surface area (Å²) in [6.45, 7) is 0.862. The zero-order chi connectivity index (χ0) is 24.2. The zero-order valence-electron chi connectivity index (χ0n) is 17.7. The van der Waals surface area contributed by atoms with Crippen LogP contribution in [0.3, 0.4) is 0 Å². The smallest absolute Gasteiger partial charge is 0.340 e. The Kier molecular flexibility index (Phi) is 7.63. The van der Waals surface area contributed by atoms with Crippen LogP contribution in [0.1, 0.15) is 18.1 Å². The Balaban J connectivity index is 1.63. The van der Waals surface area contributed by atoms with Crippen LogP contribution in [0.2, 0.25) is 0 Å². The summed E-state index contributed by atoms with van der Waals surface area (Å²) in [5.41, 5.74) is 1.68. The van der Waals surface area contributed by atoms with Crippen LogP contribution in [0.15, 0.2) is 48.7 Å². The van der Waals surface area contributed by atoms with Crippen LogP contribution in [0.5, 0.6) is 5.75 Å². The molecule has 11 heteroatoms. The largest absolute Gasteiger partial charge is 0.487 e. The Hall–Kier alpha value is -2.66. The van der Waals surface area contributed by atoms with E-state index >= 15 is 0 Å². The highest BCUT2D eigenvalue weighted by molar-refractivity contribution is 7.90. The van der Waals surface area contributed by atoms with E-state index < -0.39 is 34.8 Å². The van der Waals surface area contributed by atoms with Crippen molar-refractivity contribution in [2.45, 2.75) is 32.2 Å². The molecule has 180 valence electrons. The maximum Gasteiger partial charge on any atom is 0.340 e. The number of rotatable bonds is 11. The fraction of sp³-hybridized carbons (Fsp3) is 0.364. The number of ether oxygens (including phenoxy) is 1. The van der Waals surface area contributed by atoms with Crippen molar-refractivity contribution in [3.63, 3.8) is 0 Å². The van der Waals surface area contributed by atoms with Gasteiger partial charge in [-0.2, -0.15) is 8.78 Å². The molecule has 0 radical (unpaired) electrons. The first-order chi connectivity index (χ1) is 15.5. The number of hydrogen-bond acceptors (Lipinski definition) is 4. The summed E-state index contributed by atoms with van der Waals surface area (Å²) in [7, 11) is -3.61. The molecule has 0 aliphatic heterocycles. The number of fused-ring (bicyclic) bond motifs is 1. The summed E-state index contributed by atoms with van der Waals surface area (Å²) in [5, 5.41) is 3.78. The van der Waals surface area contributed by atoms with Crippen molar-refractivity contribution >= 4 is 20.9 Å². The van der Waals surface area contributed by atoms with Crippen molar-refractivity contribution in [1.29, 1.82) is 0 Å². The van der Waals surface area contributed by atoms with E-state index in [1.807, 2.05) is 0 Å². The molecule has 2 aromatic carbocycles.